The first-order valence-electron chi connectivity index (χ1n) is 6.48. The van der Waals surface area contributed by atoms with Crippen LogP contribution in [0.4, 0.5) is 0 Å². The Balaban J connectivity index is 2.34. The van der Waals surface area contributed by atoms with Gasteiger partial charge in [0.25, 0.3) is 0 Å². The van der Waals surface area contributed by atoms with Crippen molar-refractivity contribution in [3.05, 3.63) is 59.7 Å². The Kier molecular flexibility index (Phi) is 4.09. The minimum Gasteiger partial charge on any atom is -0.498 e. The topological polar surface area (TPSA) is 29.5 Å². The normalized spacial score (nSPS) is 11.2. The smallest absolute Gasteiger partial charge is 0.192 e. The van der Waals surface area contributed by atoms with Crippen molar-refractivity contribution < 1.29 is 9.84 Å². The second-order valence-corrected chi connectivity index (χ2v) is 6.07. The fourth-order valence-corrected chi connectivity index (χ4v) is 2.05. The summed E-state index contributed by atoms with van der Waals surface area (Å²) >= 11 is 4.83. The molecular weight excluding hydrogens is 268 g/mol. The maximum Gasteiger partial charge on any atom is 0.192 e. The van der Waals surface area contributed by atoms with Gasteiger partial charge in [0.1, 0.15) is 11.5 Å². The summed E-state index contributed by atoms with van der Waals surface area (Å²) in [5.74, 6) is 1.30. The van der Waals surface area contributed by atoms with E-state index in [1.165, 1.54) is 5.56 Å². The molecule has 20 heavy (non-hydrogen) atoms. The van der Waals surface area contributed by atoms with Crippen molar-refractivity contribution in [2.75, 3.05) is 0 Å². The van der Waals surface area contributed by atoms with E-state index in [2.05, 4.69) is 26.8 Å². The fraction of sp³-hybridized carbons (Fsp3) is 0.235. The molecule has 3 heteroatoms. The molecule has 0 saturated heterocycles. The van der Waals surface area contributed by atoms with E-state index in [0.29, 0.717) is 11.3 Å². The van der Waals surface area contributed by atoms with Crippen LogP contribution in [0.1, 0.15) is 31.9 Å². The number of benzene rings is 2. The van der Waals surface area contributed by atoms with Gasteiger partial charge in [-0.3, -0.25) is 0 Å². The number of thiocarbonyl (C=S) groups is 1. The Morgan fingerprint density at radius 2 is 1.75 bits per heavy atom. The number of hydrogen-bond acceptors (Lipinski definition) is 2. The second kappa shape index (κ2) is 5.63. The van der Waals surface area contributed by atoms with E-state index < -0.39 is 0 Å². The highest BCUT2D eigenvalue weighted by Gasteiger charge is 2.15. The zero-order valence-electron chi connectivity index (χ0n) is 11.9. The molecule has 0 heterocycles. The van der Waals surface area contributed by atoms with Gasteiger partial charge in [-0.1, -0.05) is 45.0 Å². The standard InChI is InChI=1S/C17H18O2S/c1-17(2,3)12-7-6-8-13(11-12)19-15-10-5-4-9-14(15)16(18)20/h4-11H,1-3H3,(H,18,20). The van der Waals surface area contributed by atoms with Crippen LogP contribution in [0, 0.1) is 0 Å². The van der Waals surface area contributed by atoms with E-state index in [1.54, 1.807) is 12.1 Å². The number of para-hydroxylation sites is 1. The number of aliphatic hydroxyl groups excluding tert-OH is 1. The highest BCUT2D eigenvalue weighted by molar-refractivity contribution is 7.80. The predicted octanol–water partition coefficient (Wildman–Crippen LogP) is 5.01. The summed E-state index contributed by atoms with van der Waals surface area (Å²) in [5.41, 5.74) is 1.79. The SMILES string of the molecule is CC(C)(C)c1cccc(Oc2ccccc2C(O)=S)c1. The van der Waals surface area contributed by atoms with Crippen molar-refractivity contribution in [3.8, 4) is 11.5 Å². The molecule has 0 saturated carbocycles. The van der Waals surface area contributed by atoms with Crippen LogP contribution in [0.2, 0.25) is 0 Å². The van der Waals surface area contributed by atoms with Gasteiger partial charge in [-0.05, 0) is 47.5 Å². The third-order valence-corrected chi connectivity index (χ3v) is 3.27. The van der Waals surface area contributed by atoms with Gasteiger partial charge in [0.15, 0.2) is 5.05 Å². The molecule has 2 aromatic rings. The highest BCUT2D eigenvalue weighted by atomic mass is 32.1. The van der Waals surface area contributed by atoms with Crippen molar-refractivity contribution in [1.29, 1.82) is 0 Å². The first kappa shape index (κ1) is 14.5. The van der Waals surface area contributed by atoms with Crippen LogP contribution in [0.25, 0.3) is 0 Å². The molecule has 0 aliphatic rings. The molecule has 0 aliphatic carbocycles. The number of hydrogen-bond donors (Lipinski definition) is 1. The molecule has 0 aromatic heterocycles. The van der Waals surface area contributed by atoms with E-state index in [9.17, 15) is 5.11 Å². The summed E-state index contributed by atoms with van der Waals surface area (Å²) < 4.78 is 5.86. The van der Waals surface area contributed by atoms with Crippen LogP contribution in [0.3, 0.4) is 0 Å². The molecule has 0 amide bonds. The van der Waals surface area contributed by atoms with Gasteiger partial charge < -0.3 is 9.84 Å². The summed E-state index contributed by atoms with van der Waals surface area (Å²) in [7, 11) is 0. The lowest BCUT2D eigenvalue weighted by Crippen LogP contribution is -2.10. The van der Waals surface area contributed by atoms with E-state index >= 15 is 0 Å². The summed E-state index contributed by atoms with van der Waals surface area (Å²) in [6.07, 6.45) is 0. The Labute approximate surface area is 125 Å². The number of aliphatic hydroxyl groups is 1. The zero-order chi connectivity index (χ0) is 14.8. The van der Waals surface area contributed by atoms with E-state index in [-0.39, 0.29) is 10.5 Å². The molecule has 0 spiro atoms. The Hall–Kier alpha value is -1.87. The highest BCUT2D eigenvalue weighted by Crippen LogP contribution is 2.30. The predicted molar refractivity (Wildman–Crippen MR) is 86.0 cm³/mol. The van der Waals surface area contributed by atoms with Gasteiger partial charge >= 0.3 is 0 Å². The fourth-order valence-electron chi connectivity index (χ4n) is 1.89. The van der Waals surface area contributed by atoms with Crippen LogP contribution in [-0.4, -0.2) is 10.2 Å². The Bertz CT molecular complexity index is 627. The molecule has 1 N–H and O–H groups in total. The number of rotatable bonds is 3. The van der Waals surface area contributed by atoms with Crippen molar-refractivity contribution in [1.82, 2.24) is 0 Å². The van der Waals surface area contributed by atoms with Crippen LogP contribution in [-0.2, 0) is 5.41 Å². The van der Waals surface area contributed by atoms with Gasteiger partial charge in [0.2, 0.25) is 0 Å². The second-order valence-electron chi connectivity index (χ2n) is 5.68. The van der Waals surface area contributed by atoms with Crippen molar-refractivity contribution in [2.24, 2.45) is 0 Å². The molecule has 0 atom stereocenters. The maximum atomic E-state index is 9.52. The van der Waals surface area contributed by atoms with Crippen molar-refractivity contribution >= 4 is 17.3 Å². The minimum atomic E-state index is -0.160. The van der Waals surface area contributed by atoms with Gasteiger partial charge in [0.05, 0.1) is 5.56 Å². The third kappa shape index (κ3) is 3.36. The van der Waals surface area contributed by atoms with E-state index in [4.69, 9.17) is 17.0 Å². The van der Waals surface area contributed by atoms with Gasteiger partial charge in [-0.25, -0.2) is 0 Å². The van der Waals surface area contributed by atoms with Gasteiger partial charge in [-0.2, -0.15) is 0 Å². The summed E-state index contributed by atoms with van der Waals surface area (Å²) in [6.45, 7) is 6.47. The summed E-state index contributed by atoms with van der Waals surface area (Å²) in [6, 6.07) is 15.2. The summed E-state index contributed by atoms with van der Waals surface area (Å²) in [4.78, 5) is 0. The van der Waals surface area contributed by atoms with Gasteiger partial charge in [-0.15, -0.1) is 0 Å². The lowest BCUT2D eigenvalue weighted by molar-refractivity contribution is 0.473. The Morgan fingerprint density at radius 3 is 2.40 bits per heavy atom. The number of ether oxygens (including phenoxy) is 1. The molecule has 0 unspecified atom stereocenters. The lowest BCUT2D eigenvalue weighted by Gasteiger charge is -2.20. The van der Waals surface area contributed by atoms with Crippen LogP contribution >= 0.6 is 12.2 Å². The Morgan fingerprint density at radius 1 is 1.05 bits per heavy atom. The third-order valence-electron chi connectivity index (χ3n) is 3.05. The molecule has 2 aromatic carbocycles. The lowest BCUT2D eigenvalue weighted by atomic mass is 9.87. The van der Waals surface area contributed by atoms with Gasteiger partial charge in [0, 0.05) is 0 Å². The average molecular weight is 286 g/mol. The van der Waals surface area contributed by atoms with Crippen LogP contribution in [0.15, 0.2) is 48.5 Å². The van der Waals surface area contributed by atoms with E-state index in [1.807, 2.05) is 30.3 Å². The largest absolute Gasteiger partial charge is 0.498 e. The molecule has 0 fully saturated rings. The van der Waals surface area contributed by atoms with Crippen molar-refractivity contribution in [3.63, 3.8) is 0 Å². The molecule has 0 radical (unpaired) electrons. The monoisotopic (exact) mass is 286 g/mol. The molecule has 2 rings (SSSR count). The zero-order valence-corrected chi connectivity index (χ0v) is 12.7. The quantitative estimate of drug-likeness (QED) is 0.804. The molecule has 104 valence electrons. The maximum absolute atomic E-state index is 9.52. The van der Waals surface area contributed by atoms with Crippen LogP contribution < -0.4 is 4.74 Å². The minimum absolute atomic E-state index is 0.0607. The first-order valence-corrected chi connectivity index (χ1v) is 6.89. The molecule has 2 nitrogen and oxygen atoms in total. The van der Waals surface area contributed by atoms with E-state index in [0.717, 1.165) is 5.75 Å². The summed E-state index contributed by atoms with van der Waals surface area (Å²) in [5, 5.41) is 9.36. The van der Waals surface area contributed by atoms with Crippen molar-refractivity contribution in [2.45, 2.75) is 26.2 Å². The van der Waals surface area contributed by atoms with Crippen LogP contribution in [0.5, 0.6) is 11.5 Å². The average Bonchev–Trinajstić information content (AvgIpc) is 2.38. The first-order chi connectivity index (χ1) is 9.38. The molecule has 0 bridgehead atoms. The molecule has 0 aliphatic heterocycles. The molecular formula is C17H18O2S.